The van der Waals surface area contributed by atoms with Gasteiger partial charge in [0.15, 0.2) is 0 Å². The second-order valence-corrected chi connectivity index (χ2v) is 8.26. The Hall–Kier alpha value is -2.90. The molecule has 1 atom stereocenters. The SMILES string of the molecule is COc1ccc2c(c1)N(C(=O)CN1CCN(CC=Nc3ccccc3N)CC1)C(C)C2. The van der Waals surface area contributed by atoms with Crippen molar-refractivity contribution in [1.82, 2.24) is 9.80 Å². The molecule has 0 spiro atoms. The van der Waals surface area contributed by atoms with Gasteiger partial charge in [0.1, 0.15) is 5.75 Å². The quantitative estimate of drug-likeness (QED) is 0.573. The minimum atomic E-state index is 0.161. The molecular formula is C24H31N5O2. The summed E-state index contributed by atoms with van der Waals surface area (Å²) in [6.07, 6.45) is 2.81. The van der Waals surface area contributed by atoms with Crippen molar-refractivity contribution in [3.8, 4) is 5.75 Å². The number of para-hydroxylation sites is 2. The van der Waals surface area contributed by atoms with Gasteiger partial charge in [0.05, 0.1) is 30.7 Å². The Morgan fingerprint density at radius 1 is 1.16 bits per heavy atom. The monoisotopic (exact) mass is 421 g/mol. The standard InChI is InChI=1S/C24H31N5O2/c1-18-15-19-7-8-20(31-2)16-23(19)29(18)24(30)17-28-13-11-27(12-14-28)10-9-26-22-6-4-3-5-21(22)25/h3-9,16,18H,10-15,17,25H2,1-2H3. The van der Waals surface area contributed by atoms with Crippen LogP contribution in [-0.4, -0.2) is 74.3 Å². The number of methoxy groups -OCH3 is 1. The molecule has 2 N–H and O–H groups in total. The lowest BCUT2D eigenvalue weighted by atomic mass is 10.1. The molecular weight excluding hydrogens is 390 g/mol. The second kappa shape index (κ2) is 9.49. The van der Waals surface area contributed by atoms with Gasteiger partial charge in [-0.1, -0.05) is 18.2 Å². The van der Waals surface area contributed by atoms with Crippen molar-refractivity contribution in [2.75, 3.05) is 57.0 Å². The van der Waals surface area contributed by atoms with Crippen molar-refractivity contribution >= 4 is 29.2 Å². The summed E-state index contributed by atoms with van der Waals surface area (Å²) in [5.41, 5.74) is 9.64. The summed E-state index contributed by atoms with van der Waals surface area (Å²) in [4.78, 5) is 24.2. The zero-order chi connectivity index (χ0) is 21.8. The topological polar surface area (TPSA) is 74.4 Å². The maximum Gasteiger partial charge on any atom is 0.241 e. The third-order valence-corrected chi connectivity index (χ3v) is 6.11. The fraction of sp³-hybridized carbons (Fsp3) is 0.417. The number of carbonyl (C=O) groups is 1. The number of anilines is 2. The lowest BCUT2D eigenvalue weighted by molar-refractivity contribution is -0.120. The molecule has 1 fully saturated rings. The van der Waals surface area contributed by atoms with Gasteiger partial charge in [-0.05, 0) is 37.1 Å². The molecule has 1 amide bonds. The number of carbonyl (C=O) groups excluding carboxylic acids is 1. The first kappa shape index (κ1) is 21.3. The predicted octanol–water partition coefficient (Wildman–Crippen LogP) is 2.58. The molecule has 2 aromatic rings. The molecule has 0 radical (unpaired) electrons. The van der Waals surface area contributed by atoms with E-state index in [9.17, 15) is 4.79 Å². The number of fused-ring (bicyclic) bond motifs is 1. The van der Waals surface area contributed by atoms with Gasteiger partial charge in [-0.3, -0.25) is 19.6 Å². The van der Waals surface area contributed by atoms with E-state index < -0.39 is 0 Å². The molecule has 7 heteroatoms. The van der Waals surface area contributed by atoms with Gasteiger partial charge in [-0.2, -0.15) is 0 Å². The van der Waals surface area contributed by atoms with E-state index >= 15 is 0 Å². The molecule has 0 bridgehead atoms. The molecule has 0 aromatic heterocycles. The van der Waals surface area contributed by atoms with Crippen LogP contribution in [0.15, 0.2) is 47.5 Å². The van der Waals surface area contributed by atoms with Crippen LogP contribution in [0, 0.1) is 0 Å². The highest BCUT2D eigenvalue weighted by atomic mass is 16.5. The smallest absolute Gasteiger partial charge is 0.241 e. The summed E-state index contributed by atoms with van der Waals surface area (Å²) in [7, 11) is 1.66. The average molecular weight is 422 g/mol. The number of nitrogens with zero attached hydrogens (tertiary/aromatic N) is 4. The van der Waals surface area contributed by atoms with Crippen molar-refractivity contribution in [1.29, 1.82) is 0 Å². The number of aliphatic imine (C=N–C) groups is 1. The number of nitrogens with two attached hydrogens (primary N) is 1. The molecule has 31 heavy (non-hydrogen) atoms. The summed E-state index contributed by atoms with van der Waals surface area (Å²) in [5, 5.41) is 0. The first-order valence-corrected chi connectivity index (χ1v) is 10.9. The van der Waals surface area contributed by atoms with Crippen molar-refractivity contribution in [3.05, 3.63) is 48.0 Å². The summed E-state index contributed by atoms with van der Waals surface area (Å²) in [5.74, 6) is 0.951. The number of benzene rings is 2. The molecule has 7 nitrogen and oxygen atoms in total. The Morgan fingerprint density at radius 2 is 1.90 bits per heavy atom. The van der Waals surface area contributed by atoms with Crippen LogP contribution in [-0.2, 0) is 11.2 Å². The van der Waals surface area contributed by atoms with Gasteiger partial charge in [0.2, 0.25) is 5.91 Å². The molecule has 1 saturated heterocycles. The number of hydrogen-bond acceptors (Lipinski definition) is 6. The molecule has 1 unspecified atom stereocenters. The molecule has 0 saturated carbocycles. The average Bonchev–Trinajstić information content (AvgIpc) is 3.11. The highest BCUT2D eigenvalue weighted by Gasteiger charge is 2.32. The molecule has 2 aliphatic heterocycles. The minimum Gasteiger partial charge on any atom is -0.497 e. The first-order valence-electron chi connectivity index (χ1n) is 10.9. The van der Waals surface area contributed by atoms with Crippen molar-refractivity contribution in [3.63, 3.8) is 0 Å². The van der Waals surface area contributed by atoms with Gasteiger partial charge >= 0.3 is 0 Å². The fourth-order valence-electron chi connectivity index (χ4n) is 4.35. The van der Waals surface area contributed by atoms with Crippen LogP contribution in [0.3, 0.4) is 0 Å². The predicted molar refractivity (Wildman–Crippen MR) is 126 cm³/mol. The van der Waals surface area contributed by atoms with E-state index in [1.165, 1.54) is 5.56 Å². The van der Waals surface area contributed by atoms with Gasteiger partial charge < -0.3 is 15.4 Å². The van der Waals surface area contributed by atoms with E-state index in [1.807, 2.05) is 47.5 Å². The Labute approximate surface area is 184 Å². The molecule has 2 aliphatic rings. The first-order chi connectivity index (χ1) is 15.0. The van der Waals surface area contributed by atoms with Gasteiger partial charge in [0.25, 0.3) is 0 Å². The van der Waals surface area contributed by atoms with Crippen molar-refractivity contribution in [2.45, 2.75) is 19.4 Å². The summed E-state index contributed by atoms with van der Waals surface area (Å²) in [6.45, 7) is 6.94. The molecule has 164 valence electrons. The van der Waals surface area contributed by atoms with Crippen molar-refractivity contribution in [2.24, 2.45) is 4.99 Å². The maximum atomic E-state index is 13.1. The van der Waals surface area contributed by atoms with Crippen LogP contribution >= 0.6 is 0 Å². The van der Waals surface area contributed by atoms with Crippen LogP contribution in [0.4, 0.5) is 17.1 Å². The minimum absolute atomic E-state index is 0.161. The summed E-state index contributed by atoms with van der Waals surface area (Å²) >= 11 is 0. The lowest BCUT2D eigenvalue weighted by Gasteiger charge is -2.35. The maximum absolute atomic E-state index is 13.1. The lowest BCUT2D eigenvalue weighted by Crippen LogP contribution is -2.51. The van der Waals surface area contributed by atoms with E-state index in [2.05, 4.69) is 27.8 Å². The zero-order valence-electron chi connectivity index (χ0n) is 18.3. The van der Waals surface area contributed by atoms with Crippen LogP contribution in [0.5, 0.6) is 5.75 Å². The van der Waals surface area contributed by atoms with Gasteiger partial charge in [-0.25, -0.2) is 0 Å². The Kier molecular flexibility index (Phi) is 6.53. The fourth-order valence-corrected chi connectivity index (χ4v) is 4.35. The Bertz CT molecular complexity index is 953. The van der Waals surface area contributed by atoms with E-state index in [0.29, 0.717) is 12.2 Å². The number of piperazine rings is 1. The van der Waals surface area contributed by atoms with E-state index in [-0.39, 0.29) is 11.9 Å². The third kappa shape index (κ3) is 4.89. The second-order valence-electron chi connectivity index (χ2n) is 8.26. The third-order valence-electron chi connectivity index (χ3n) is 6.11. The van der Waals surface area contributed by atoms with E-state index in [4.69, 9.17) is 10.5 Å². The molecule has 0 aliphatic carbocycles. The number of amides is 1. The number of rotatable bonds is 6. The Morgan fingerprint density at radius 3 is 2.65 bits per heavy atom. The van der Waals surface area contributed by atoms with Crippen LogP contribution in [0.2, 0.25) is 0 Å². The zero-order valence-corrected chi connectivity index (χ0v) is 18.3. The van der Waals surface area contributed by atoms with Crippen LogP contribution in [0.25, 0.3) is 0 Å². The number of ether oxygens (including phenoxy) is 1. The van der Waals surface area contributed by atoms with Gasteiger partial charge in [-0.15, -0.1) is 0 Å². The van der Waals surface area contributed by atoms with Crippen LogP contribution < -0.4 is 15.4 Å². The van der Waals surface area contributed by atoms with Crippen molar-refractivity contribution < 1.29 is 9.53 Å². The Balaban J connectivity index is 1.28. The summed E-state index contributed by atoms with van der Waals surface area (Å²) in [6, 6.07) is 13.8. The normalized spacial score (nSPS) is 19.7. The van der Waals surface area contributed by atoms with Gasteiger partial charge in [0, 0.05) is 51.0 Å². The molecule has 4 rings (SSSR count). The molecule has 2 aromatic carbocycles. The summed E-state index contributed by atoms with van der Waals surface area (Å²) < 4.78 is 5.36. The highest BCUT2D eigenvalue weighted by Crippen LogP contribution is 2.35. The number of nitrogen functional groups attached to an aromatic ring is 1. The van der Waals surface area contributed by atoms with E-state index in [0.717, 1.165) is 56.3 Å². The largest absolute Gasteiger partial charge is 0.497 e. The molecule has 2 heterocycles. The van der Waals surface area contributed by atoms with Crippen LogP contribution in [0.1, 0.15) is 12.5 Å². The van der Waals surface area contributed by atoms with E-state index in [1.54, 1.807) is 7.11 Å². The highest BCUT2D eigenvalue weighted by molar-refractivity contribution is 5.97. The number of hydrogen-bond donors (Lipinski definition) is 1.